The number of hydrogen-bond donors (Lipinski definition) is 2. The maximum atomic E-state index is 11.8. The van der Waals surface area contributed by atoms with Crippen LogP contribution in [0.5, 0.6) is 0 Å². The normalized spacial score (nSPS) is 11.4. The molecular weight excluding hydrogens is 264 g/mol. The molecular formula is C13H16N2O5. The SMILES string of the molecule is CCOC(=O)CC[C@H](NC(=O)c1ccncc1)C(=O)O. The van der Waals surface area contributed by atoms with Crippen LogP contribution < -0.4 is 5.32 Å². The number of esters is 1. The Kier molecular flexibility index (Phi) is 6.15. The van der Waals surface area contributed by atoms with Gasteiger partial charge in [-0.3, -0.25) is 14.6 Å². The summed E-state index contributed by atoms with van der Waals surface area (Å²) in [4.78, 5) is 37.8. The molecule has 0 spiro atoms. The first-order valence-electron chi connectivity index (χ1n) is 6.14. The van der Waals surface area contributed by atoms with E-state index in [0.717, 1.165) is 0 Å². The number of ether oxygens (including phenoxy) is 1. The van der Waals surface area contributed by atoms with Crippen LogP contribution in [0.15, 0.2) is 24.5 Å². The van der Waals surface area contributed by atoms with Gasteiger partial charge in [-0.2, -0.15) is 0 Å². The summed E-state index contributed by atoms with van der Waals surface area (Å²) in [5, 5.41) is 11.4. The Labute approximate surface area is 116 Å². The van der Waals surface area contributed by atoms with Crippen LogP contribution in [0.25, 0.3) is 0 Å². The molecule has 1 aromatic heterocycles. The zero-order valence-electron chi connectivity index (χ0n) is 11.0. The van der Waals surface area contributed by atoms with Crippen molar-refractivity contribution in [3.05, 3.63) is 30.1 Å². The highest BCUT2D eigenvalue weighted by molar-refractivity contribution is 5.96. The average Bonchev–Trinajstić information content (AvgIpc) is 2.44. The molecule has 0 fully saturated rings. The topological polar surface area (TPSA) is 106 Å². The second-order valence-electron chi connectivity index (χ2n) is 3.94. The summed E-state index contributed by atoms with van der Waals surface area (Å²) in [5.41, 5.74) is 0.308. The zero-order valence-corrected chi connectivity index (χ0v) is 11.0. The highest BCUT2D eigenvalue weighted by atomic mass is 16.5. The molecule has 0 aliphatic heterocycles. The Morgan fingerprint density at radius 3 is 2.55 bits per heavy atom. The van der Waals surface area contributed by atoms with E-state index >= 15 is 0 Å². The second kappa shape index (κ2) is 7.88. The minimum absolute atomic E-state index is 0.0228. The third-order valence-electron chi connectivity index (χ3n) is 2.49. The van der Waals surface area contributed by atoms with Crippen LogP contribution in [0.1, 0.15) is 30.1 Å². The van der Waals surface area contributed by atoms with E-state index in [1.165, 1.54) is 24.5 Å². The molecule has 0 saturated carbocycles. The maximum absolute atomic E-state index is 11.8. The molecule has 0 saturated heterocycles. The average molecular weight is 280 g/mol. The molecule has 1 rings (SSSR count). The van der Waals surface area contributed by atoms with Gasteiger partial charge >= 0.3 is 11.9 Å². The molecule has 0 bridgehead atoms. The number of pyridine rings is 1. The summed E-state index contributed by atoms with van der Waals surface area (Å²) in [5.74, 6) is -2.21. The molecule has 1 amide bonds. The van der Waals surface area contributed by atoms with Crippen LogP contribution >= 0.6 is 0 Å². The fourth-order valence-electron chi connectivity index (χ4n) is 1.50. The Bertz CT molecular complexity index is 475. The Hall–Kier alpha value is -2.44. The minimum Gasteiger partial charge on any atom is -0.480 e. The van der Waals surface area contributed by atoms with Crippen molar-refractivity contribution in [1.82, 2.24) is 10.3 Å². The summed E-state index contributed by atoms with van der Waals surface area (Å²) in [7, 11) is 0. The van der Waals surface area contributed by atoms with Gasteiger partial charge in [-0.05, 0) is 25.5 Å². The van der Waals surface area contributed by atoms with E-state index in [0.29, 0.717) is 5.56 Å². The predicted molar refractivity (Wildman–Crippen MR) is 69.0 cm³/mol. The van der Waals surface area contributed by atoms with E-state index < -0.39 is 23.9 Å². The van der Waals surface area contributed by atoms with Gasteiger partial charge in [0.1, 0.15) is 6.04 Å². The molecule has 0 aliphatic rings. The van der Waals surface area contributed by atoms with Crippen LogP contribution in [0.4, 0.5) is 0 Å². The molecule has 1 heterocycles. The van der Waals surface area contributed by atoms with Crippen molar-refractivity contribution >= 4 is 17.8 Å². The molecule has 0 radical (unpaired) electrons. The number of hydrogen-bond acceptors (Lipinski definition) is 5. The van der Waals surface area contributed by atoms with Crippen molar-refractivity contribution in [2.24, 2.45) is 0 Å². The third kappa shape index (κ3) is 5.05. The van der Waals surface area contributed by atoms with E-state index in [2.05, 4.69) is 10.3 Å². The maximum Gasteiger partial charge on any atom is 0.326 e. The lowest BCUT2D eigenvalue weighted by Crippen LogP contribution is -2.41. The summed E-state index contributed by atoms with van der Waals surface area (Å²) in [6, 6.07) is 1.80. The number of nitrogens with zero attached hydrogens (tertiary/aromatic N) is 1. The second-order valence-corrected chi connectivity index (χ2v) is 3.94. The number of aromatic nitrogens is 1. The van der Waals surface area contributed by atoms with Gasteiger partial charge in [0.15, 0.2) is 0 Å². The number of nitrogens with one attached hydrogen (secondary N) is 1. The highest BCUT2D eigenvalue weighted by Gasteiger charge is 2.21. The fourth-order valence-corrected chi connectivity index (χ4v) is 1.50. The minimum atomic E-state index is -1.20. The molecule has 0 aliphatic carbocycles. The van der Waals surface area contributed by atoms with E-state index in [9.17, 15) is 14.4 Å². The first kappa shape index (κ1) is 15.6. The standard InChI is InChI=1S/C13H16N2O5/c1-2-20-11(16)4-3-10(13(18)19)15-12(17)9-5-7-14-8-6-9/h5-8,10H,2-4H2,1H3,(H,15,17)(H,18,19)/t10-/m0/s1. The van der Waals surface area contributed by atoms with Crippen LogP contribution in [0.2, 0.25) is 0 Å². The van der Waals surface area contributed by atoms with Crippen molar-refractivity contribution in [1.29, 1.82) is 0 Å². The van der Waals surface area contributed by atoms with Crippen LogP contribution in [0.3, 0.4) is 0 Å². The fraction of sp³-hybridized carbons (Fsp3) is 0.385. The van der Waals surface area contributed by atoms with Crippen molar-refractivity contribution in [2.45, 2.75) is 25.8 Å². The van der Waals surface area contributed by atoms with Gasteiger partial charge in [-0.15, -0.1) is 0 Å². The molecule has 20 heavy (non-hydrogen) atoms. The Morgan fingerprint density at radius 1 is 1.35 bits per heavy atom. The van der Waals surface area contributed by atoms with Crippen molar-refractivity contribution in [3.63, 3.8) is 0 Å². The van der Waals surface area contributed by atoms with Gasteiger partial charge in [0.2, 0.25) is 0 Å². The molecule has 1 atom stereocenters. The smallest absolute Gasteiger partial charge is 0.326 e. The number of carboxylic acid groups (broad SMARTS) is 1. The number of rotatable bonds is 7. The summed E-state index contributed by atoms with van der Waals surface area (Å²) in [6.45, 7) is 1.90. The zero-order chi connectivity index (χ0) is 15.0. The largest absolute Gasteiger partial charge is 0.480 e. The molecule has 0 aromatic carbocycles. The Balaban J connectivity index is 2.57. The third-order valence-corrected chi connectivity index (χ3v) is 2.49. The van der Waals surface area contributed by atoms with Gasteiger partial charge in [-0.25, -0.2) is 4.79 Å². The molecule has 7 heteroatoms. The lowest BCUT2D eigenvalue weighted by molar-refractivity contribution is -0.144. The van der Waals surface area contributed by atoms with Gasteiger partial charge in [0.05, 0.1) is 6.61 Å². The van der Waals surface area contributed by atoms with Gasteiger partial charge in [0.25, 0.3) is 5.91 Å². The van der Waals surface area contributed by atoms with Crippen molar-refractivity contribution < 1.29 is 24.2 Å². The number of carbonyl (C=O) groups excluding carboxylic acids is 2. The molecule has 108 valence electrons. The van der Waals surface area contributed by atoms with E-state index in [1.807, 2.05) is 0 Å². The monoisotopic (exact) mass is 280 g/mol. The lowest BCUT2D eigenvalue weighted by atomic mass is 10.1. The van der Waals surface area contributed by atoms with E-state index in [-0.39, 0.29) is 19.4 Å². The highest BCUT2D eigenvalue weighted by Crippen LogP contribution is 2.03. The quantitative estimate of drug-likeness (QED) is 0.709. The van der Waals surface area contributed by atoms with Crippen molar-refractivity contribution in [2.75, 3.05) is 6.61 Å². The Morgan fingerprint density at radius 2 is 2.00 bits per heavy atom. The molecule has 1 aromatic rings. The summed E-state index contributed by atoms with van der Waals surface area (Å²) in [6.07, 6.45) is 2.78. The van der Waals surface area contributed by atoms with E-state index in [1.54, 1.807) is 6.92 Å². The van der Waals surface area contributed by atoms with Crippen LogP contribution in [0, 0.1) is 0 Å². The summed E-state index contributed by atoms with van der Waals surface area (Å²) < 4.78 is 4.71. The number of amides is 1. The van der Waals surface area contributed by atoms with Gasteiger partial charge < -0.3 is 15.2 Å². The number of carboxylic acids is 1. The van der Waals surface area contributed by atoms with Crippen LogP contribution in [-0.4, -0.2) is 40.6 Å². The van der Waals surface area contributed by atoms with Gasteiger partial charge in [-0.1, -0.05) is 0 Å². The molecule has 2 N–H and O–H groups in total. The molecule has 7 nitrogen and oxygen atoms in total. The number of aliphatic carboxylic acids is 1. The van der Waals surface area contributed by atoms with E-state index in [4.69, 9.17) is 9.84 Å². The predicted octanol–water partition coefficient (Wildman–Crippen LogP) is 0.608. The van der Waals surface area contributed by atoms with Gasteiger partial charge in [0, 0.05) is 24.4 Å². The van der Waals surface area contributed by atoms with Crippen molar-refractivity contribution in [3.8, 4) is 0 Å². The lowest BCUT2D eigenvalue weighted by Gasteiger charge is -2.14. The van der Waals surface area contributed by atoms with Crippen LogP contribution in [-0.2, 0) is 14.3 Å². The first-order valence-corrected chi connectivity index (χ1v) is 6.14. The molecule has 0 unspecified atom stereocenters. The first-order chi connectivity index (χ1) is 9.54. The number of carbonyl (C=O) groups is 3. The summed E-state index contributed by atoms with van der Waals surface area (Å²) >= 11 is 0.